The van der Waals surface area contributed by atoms with E-state index in [2.05, 4.69) is 65.5 Å². The van der Waals surface area contributed by atoms with Crippen LogP contribution in [0, 0.1) is 0 Å². The minimum Gasteiger partial charge on any atom is -0.307 e. The van der Waals surface area contributed by atoms with E-state index >= 15 is 0 Å². The Hall–Kier alpha value is -2.37. The van der Waals surface area contributed by atoms with Gasteiger partial charge < -0.3 is 5.32 Å². The quantitative estimate of drug-likeness (QED) is 0.468. The summed E-state index contributed by atoms with van der Waals surface area (Å²) in [5.74, 6) is 0.432. The summed E-state index contributed by atoms with van der Waals surface area (Å²) in [5, 5.41) is 6.50. The fraction of sp³-hybridized carbons (Fsp3) is 0.385. The summed E-state index contributed by atoms with van der Waals surface area (Å²) in [7, 11) is -3.27. The molecule has 4 nitrogen and oxygen atoms in total. The zero-order chi connectivity index (χ0) is 21.8. The summed E-state index contributed by atoms with van der Waals surface area (Å²) < 4.78 is 25.9. The minimum atomic E-state index is -3.27. The zero-order valence-corrected chi connectivity index (χ0v) is 19.2. The van der Waals surface area contributed by atoms with Crippen LogP contribution in [0.25, 0.3) is 10.8 Å². The Bertz CT molecular complexity index is 1140. The molecular weight excluding hydrogens is 404 g/mol. The van der Waals surface area contributed by atoms with E-state index in [9.17, 15) is 8.42 Å². The summed E-state index contributed by atoms with van der Waals surface area (Å²) in [6.07, 6.45) is 7.00. The maximum Gasteiger partial charge on any atom is 0.229 e. The molecule has 164 valence electrons. The Balaban J connectivity index is 1.50. The van der Waals surface area contributed by atoms with Crippen LogP contribution in [0.1, 0.15) is 62.1 Å². The first-order chi connectivity index (χ1) is 14.9. The molecule has 2 unspecified atom stereocenters. The molecule has 0 saturated heterocycles. The molecule has 0 aliphatic heterocycles. The highest BCUT2D eigenvalue weighted by Crippen LogP contribution is 2.34. The standard InChI is InChI=1S/C26H32N2O2S/c1-19(25-16-8-11-20-9-4-6-15-26(20)25)27-23-13-5-3-10-21(17-23)22-12-7-14-24(18-22)28-31(2,29)30/h4,6-9,11-12,14-16,18-19,21,23,27-28H,3,5,10,13,17H2,1-2H3/t19-,21?,23?/m1/s1. The van der Waals surface area contributed by atoms with Gasteiger partial charge in [-0.1, -0.05) is 67.4 Å². The molecule has 5 heteroatoms. The van der Waals surface area contributed by atoms with Crippen molar-refractivity contribution < 1.29 is 8.42 Å². The smallest absolute Gasteiger partial charge is 0.229 e. The molecule has 1 fully saturated rings. The molecule has 0 bridgehead atoms. The van der Waals surface area contributed by atoms with Gasteiger partial charge in [-0.05, 0) is 66.1 Å². The van der Waals surface area contributed by atoms with Crippen molar-refractivity contribution in [3.05, 3.63) is 77.9 Å². The van der Waals surface area contributed by atoms with Crippen LogP contribution in [0.4, 0.5) is 5.69 Å². The van der Waals surface area contributed by atoms with Gasteiger partial charge in [0.1, 0.15) is 0 Å². The van der Waals surface area contributed by atoms with Gasteiger partial charge in [-0.15, -0.1) is 0 Å². The SMILES string of the molecule is C[C@@H](NC1CCCCC(c2cccc(NS(C)(=O)=O)c2)C1)c1cccc2ccccc12. The van der Waals surface area contributed by atoms with Crippen LogP contribution in [0.15, 0.2) is 66.7 Å². The minimum absolute atomic E-state index is 0.271. The second-order valence-electron chi connectivity index (χ2n) is 8.87. The predicted molar refractivity (Wildman–Crippen MR) is 130 cm³/mol. The highest BCUT2D eigenvalue weighted by Gasteiger charge is 2.23. The fourth-order valence-corrected chi connectivity index (χ4v) is 5.51. The van der Waals surface area contributed by atoms with E-state index in [1.807, 2.05) is 18.2 Å². The van der Waals surface area contributed by atoms with Crippen molar-refractivity contribution in [3.8, 4) is 0 Å². The lowest BCUT2D eigenvalue weighted by atomic mass is 9.89. The molecule has 0 radical (unpaired) electrons. The van der Waals surface area contributed by atoms with E-state index in [0.29, 0.717) is 17.6 Å². The monoisotopic (exact) mass is 436 g/mol. The van der Waals surface area contributed by atoms with E-state index in [1.54, 1.807) is 0 Å². The third kappa shape index (κ3) is 5.66. The van der Waals surface area contributed by atoms with Gasteiger partial charge in [0.05, 0.1) is 6.26 Å². The second-order valence-corrected chi connectivity index (χ2v) is 10.6. The van der Waals surface area contributed by atoms with Gasteiger partial charge in [0.25, 0.3) is 0 Å². The van der Waals surface area contributed by atoms with Crippen LogP contribution < -0.4 is 10.0 Å². The fourth-order valence-electron chi connectivity index (χ4n) is 4.96. The average molecular weight is 437 g/mol. The Labute approximate surface area is 186 Å². The van der Waals surface area contributed by atoms with Crippen LogP contribution >= 0.6 is 0 Å². The summed E-state index contributed by atoms with van der Waals surface area (Å²) in [5.41, 5.74) is 3.22. The van der Waals surface area contributed by atoms with Gasteiger partial charge in [0.2, 0.25) is 10.0 Å². The Morgan fingerprint density at radius 2 is 1.68 bits per heavy atom. The number of benzene rings is 3. The number of hydrogen-bond acceptors (Lipinski definition) is 3. The predicted octanol–water partition coefficient (Wildman–Crippen LogP) is 5.98. The molecule has 1 aliphatic rings. The third-order valence-corrected chi connectivity index (χ3v) is 6.97. The highest BCUT2D eigenvalue weighted by molar-refractivity contribution is 7.92. The van der Waals surface area contributed by atoms with Gasteiger partial charge in [-0.25, -0.2) is 8.42 Å². The summed E-state index contributed by atoms with van der Waals surface area (Å²) in [4.78, 5) is 0. The summed E-state index contributed by atoms with van der Waals surface area (Å²) in [6.45, 7) is 2.26. The molecule has 4 rings (SSSR count). The molecule has 0 amide bonds. The van der Waals surface area contributed by atoms with Gasteiger partial charge in [0, 0.05) is 17.8 Å². The number of fused-ring (bicyclic) bond motifs is 1. The zero-order valence-electron chi connectivity index (χ0n) is 18.3. The van der Waals surface area contributed by atoms with E-state index in [-0.39, 0.29) is 6.04 Å². The molecule has 3 aromatic carbocycles. The molecule has 3 aromatic rings. The first-order valence-electron chi connectivity index (χ1n) is 11.2. The van der Waals surface area contributed by atoms with Crippen molar-refractivity contribution in [1.29, 1.82) is 0 Å². The molecule has 0 heterocycles. The Morgan fingerprint density at radius 1 is 0.935 bits per heavy atom. The lowest BCUT2D eigenvalue weighted by molar-refractivity contribution is 0.400. The lowest BCUT2D eigenvalue weighted by Crippen LogP contribution is -2.32. The number of nitrogens with one attached hydrogen (secondary N) is 2. The molecule has 1 saturated carbocycles. The van der Waals surface area contributed by atoms with Crippen LogP contribution in [-0.4, -0.2) is 20.7 Å². The van der Waals surface area contributed by atoms with Crippen molar-refractivity contribution >= 4 is 26.5 Å². The molecular formula is C26H32N2O2S. The number of hydrogen-bond donors (Lipinski definition) is 2. The molecule has 3 atom stereocenters. The van der Waals surface area contributed by atoms with Gasteiger partial charge >= 0.3 is 0 Å². The maximum absolute atomic E-state index is 11.6. The van der Waals surface area contributed by atoms with Gasteiger partial charge in [-0.3, -0.25) is 4.72 Å². The van der Waals surface area contributed by atoms with Crippen molar-refractivity contribution in [2.45, 2.75) is 57.0 Å². The van der Waals surface area contributed by atoms with Crippen LogP contribution in [0.5, 0.6) is 0 Å². The van der Waals surface area contributed by atoms with Crippen LogP contribution in [0.3, 0.4) is 0 Å². The van der Waals surface area contributed by atoms with Crippen LogP contribution in [-0.2, 0) is 10.0 Å². The number of anilines is 1. The first-order valence-corrected chi connectivity index (χ1v) is 13.1. The molecule has 1 aliphatic carbocycles. The number of rotatable bonds is 6. The van der Waals surface area contributed by atoms with E-state index in [0.717, 1.165) is 12.8 Å². The Morgan fingerprint density at radius 3 is 2.52 bits per heavy atom. The van der Waals surface area contributed by atoms with Gasteiger partial charge in [0.15, 0.2) is 0 Å². The molecule has 2 N–H and O–H groups in total. The largest absolute Gasteiger partial charge is 0.307 e. The normalized spacial score (nSPS) is 20.8. The van der Waals surface area contributed by atoms with Crippen molar-refractivity contribution in [3.63, 3.8) is 0 Å². The second kappa shape index (κ2) is 9.41. The molecule has 31 heavy (non-hydrogen) atoms. The van der Waals surface area contributed by atoms with E-state index < -0.39 is 10.0 Å². The summed E-state index contributed by atoms with van der Waals surface area (Å²) in [6, 6.07) is 23.7. The van der Waals surface area contributed by atoms with Crippen molar-refractivity contribution in [1.82, 2.24) is 5.32 Å². The van der Waals surface area contributed by atoms with Crippen molar-refractivity contribution in [2.24, 2.45) is 0 Å². The lowest BCUT2D eigenvalue weighted by Gasteiger charge is -2.26. The van der Waals surface area contributed by atoms with Crippen LogP contribution in [0.2, 0.25) is 0 Å². The maximum atomic E-state index is 11.6. The molecule has 0 aromatic heterocycles. The van der Waals surface area contributed by atoms with Crippen molar-refractivity contribution in [2.75, 3.05) is 11.0 Å². The average Bonchev–Trinajstić information content (AvgIpc) is 2.98. The van der Waals surface area contributed by atoms with E-state index in [4.69, 9.17) is 0 Å². The van der Waals surface area contributed by atoms with E-state index in [1.165, 1.54) is 47.4 Å². The third-order valence-electron chi connectivity index (χ3n) is 6.36. The molecule has 0 spiro atoms. The highest BCUT2D eigenvalue weighted by atomic mass is 32.2. The number of sulfonamides is 1. The summed E-state index contributed by atoms with van der Waals surface area (Å²) >= 11 is 0. The topological polar surface area (TPSA) is 58.2 Å². The Kier molecular flexibility index (Phi) is 6.63. The van der Waals surface area contributed by atoms with Gasteiger partial charge in [-0.2, -0.15) is 0 Å². The first kappa shape index (κ1) is 21.8.